The van der Waals surface area contributed by atoms with Gasteiger partial charge in [0.15, 0.2) is 23.1 Å². The molecule has 3 aliphatic heterocycles. The maximum atomic E-state index is 14.2. The topological polar surface area (TPSA) is 64.1 Å². The molecule has 0 bridgehead atoms. The van der Waals surface area contributed by atoms with E-state index in [0.29, 0.717) is 18.7 Å². The molecule has 2 fully saturated rings. The van der Waals surface area contributed by atoms with Crippen molar-refractivity contribution < 1.29 is 27.9 Å². The monoisotopic (exact) mass is 443 g/mol. The summed E-state index contributed by atoms with van der Waals surface area (Å²) in [5.74, 6) is -4.38. The lowest BCUT2D eigenvalue weighted by Crippen LogP contribution is -2.62. The number of aliphatic hydroxyl groups excluding tert-OH is 1. The highest BCUT2D eigenvalue weighted by Gasteiger charge is 2.48. The van der Waals surface area contributed by atoms with Crippen molar-refractivity contribution in [3.05, 3.63) is 82.5 Å². The van der Waals surface area contributed by atoms with Gasteiger partial charge in [0.2, 0.25) is 5.78 Å². The molecule has 0 saturated carbocycles. The number of nitrogens with zero attached hydrogens (tertiary/aromatic N) is 3. The number of fused-ring (bicyclic) bond motifs is 2. The molecule has 32 heavy (non-hydrogen) atoms. The number of hydrazine groups is 1. The minimum Gasteiger partial charge on any atom is -0.503 e. The van der Waals surface area contributed by atoms with Gasteiger partial charge in [-0.2, -0.15) is 0 Å². The van der Waals surface area contributed by atoms with Crippen LogP contribution in [0.25, 0.3) is 0 Å². The average Bonchev–Trinajstić information content (AvgIpc) is 3.23. The van der Waals surface area contributed by atoms with E-state index in [9.17, 15) is 27.9 Å². The molecule has 2 aromatic rings. The van der Waals surface area contributed by atoms with Gasteiger partial charge in [-0.1, -0.05) is 18.2 Å². The highest BCUT2D eigenvalue weighted by molar-refractivity contribution is 6.06. The van der Waals surface area contributed by atoms with Gasteiger partial charge >= 0.3 is 0 Å². The number of Topliss-reactive ketones (excluding diaryl/α,β-unsaturated/α-hetero) is 1. The van der Waals surface area contributed by atoms with Crippen LogP contribution in [-0.4, -0.2) is 57.4 Å². The van der Waals surface area contributed by atoms with E-state index in [-0.39, 0.29) is 23.8 Å². The molecule has 1 N–H and O–H groups in total. The molecule has 3 aliphatic rings. The van der Waals surface area contributed by atoms with Crippen molar-refractivity contribution in [2.75, 3.05) is 19.6 Å². The number of aliphatic hydroxyl groups is 1. The molecule has 0 radical (unpaired) electrons. The van der Waals surface area contributed by atoms with Gasteiger partial charge in [0.05, 0.1) is 25.2 Å². The number of amides is 1. The molecule has 2 saturated heterocycles. The number of benzene rings is 2. The molecule has 2 atom stereocenters. The van der Waals surface area contributed by atoms with Gasteiger partial charge in [-0.15, -0.1) is 0 Å². The van der Waals surface area contributed by atoms with E-state index in [0.717, 1.165) is 25.0 Å². The summed E-state index contributed by atoms with van der Waals surface area (Å²) in [6.07, 6.45) is 1.58. The van der Waals surface area contributed by atoms with E-state index in [2.05, 4.69) is 0 Å². The summed E-state index contributed by atoms with van der Waals surface area (Å²) >= 11 is 0. The van der Waals surface area contributed by atoms with Crippen LogP contribution < -0.4 is 0 Å². The second-order valence-electron chi connectivity index (χ2n) is 8.23. The Balaban J connectivity index is 1.66. The largest absolute Gasteiger partial charge is 0.503 e. The lowest BCUT2D eigenvalue weighted by Gasteiger charge is -2.49. The molecule has 166 valence electrons. The Kier molecular flexibility index (Phi) is 4.93. The van der Waals surface area contributed by atoms with Crippen LogP contribution in [0.15, 0.2) is 53.9 Å². The average molecular weight is 443 g/mol. The van der Waals surface area contributed by atoms with Crippen LogP contribution in [0.2, 0.25) is 0 Å². The standard InChI is InChI=1S/C23H20F3N3O3/c24-15-4-1-3-13(9-15)20(14-6-7-17(25)18(26)10-14)29-12-19(30)22(31)21-23(32)27-8-2-5-16(27)11-28(21)29/h1,3-4,6-7,9-10,16,20,31H,2,5,8,11-12H2/t16-,20-/m1/s1. The first-order valence-corrected chi connectivity index (χ1v) is 10.4. The zero-order valence-corrected chi connectivity index (χ0v) is 17.0. The first kappa shape index (κ1) is 20.6. The molecule has 3 heterocycles. The molecule has 0 unspecified atom stereocenters. The summed E-state index contributed by atoms with van der Waals surface area (Å²) in [6.45, 7) is 0.558. The molecule has 0 spiro atoms. The van der Waals surface area contributed by atoms with Crippen LogP contribution in [0.5, 0.6) is 0 Å². The summed E-state index contributed by atoms with van der Waals surface area (Å²) in [5, 5.41) is 13.6. The van der Waals surface area contributed by atoms with Crippen molar-refractivity contribution in [3.63, 3.8) is 0 Å². The fraction of sp³-hybridized carbons (Fsp3) is 0.304. The van der Waals surface area contributed by atoms with Crippen molar-refractivity contribution in [1.82, 2.24) is 14.9 Å². The van der Waals surface area contributed by atoms with Gasteiger partial charge in [-0.25, -0.2) is 18.2 Å². The van der Waals surface area contributed by atoms with E-state index < -0.39 is 40.9 Å². The third-order valence-electron chi connectivity index (χ3n) is 6.31. The van der Waals surface area contributed by atoms with Crippen molar-refractivity contribution in [3.8, 4) is 0 Å². The SMILES string of the molecule is O=C1CN([C@H](c2cccc(F)c2)c2ccc(F)c(F)c2)N2C[C@H]3CCCN3C(=O)C2=C1O. The summed E-state index contributed by atoms with van der Waals surface area (Å²) in [5.41, 5.74) is 0.540. The van der Waals surface area contributed by atoms with Gasteiger partial charge in [-0.05, 0) is 48.2 Å². The molecule has 9 heteroatoms. The molecule has 5 rings (SSSR count). The number of halogens is 3. The molecular formula is C23H20F3N3O3. The Hall–Kier alpha value is -3.33. The van der Waals surface area contributed by atoms with Gasteiger partial charge < -0.3 is 10.0 Å². The summed E-state index contributed by atoms with van der Waals surface area (Å²) in [7, 11) is 0. The highest BCUT2D eigenvalue weighted by Crippen LogP contribution is 2.39. The summed E-state index contributed by atoms with van der Waals surface area (Å²) < 4.78 is 41.9. The van der Waals surface area contributed by atoms with Crippen molar-refractivity contribution in [1.29, 1.82) is 0 Å². The Morgan fingerprint density at radius 1 is 1.00 bits per heavy atom. The number of hydrogen-bond acceptors (Lipinski definition) is 5. The molecule has 0 aromatic heterocycles. The fourth-order valence-corrected chi connectivity index (χ4v) is 4.85. The molecule has 2 aromatic carbocycles. The zero-order valence-electron chi connectivity index (χ0n) is 17.0. The normalized spacial score (nSPS) is 22.3. The third kappa shape index (κ3) is 3.24. The number of carbonyl (C=O) groups excluding carboxylic acids is 2. The second-order valence-corrected chi connectivity index (χ2v) is 8.23. The Bertz CT molecular complexity index is 1150. The van der Waals surface area contributed by atoms with E-state index in [1.165, 1.54) is 29.3 Å². The van der Waals surface area contributed by atoms with Crippen molar-refractivity contribution in [2.24, 2.45) is 0 Å². The number of hydrogen-bond donors (Lipinski definition) is 1. The first-order valence-electron chi connectivity index (χ1n) is 10.4. The zero-order chi connectivity index (χ0) is 22.6. The smallest absolute Gasteiger partial charge is 0.275 e. The van der Waals surface area contributed by atoms with Crippen LogP contribution >= 0.6 is 0 Å². The van der Waals surface area contributed by atoms with Crippen LogP contribution in [0.3, 0.4) is 0 Å². The fourth-order valence-electron chi connectivity index (χ4n) is 4.85. The third-order valence-corrected chi connectivity index (χ3v) is 6.31. The first-order chi connectivity index (χ1) is 15.3. The van der Waals surface area contributed by atoms with E-state index in [1.54, 1.807) is 16.0 Å². The minimum atomic E-state index is -1.08. The minimum absolute atomic E-state index is 0.104. The van der Waals surface area contributed by atoms with Crippen molar-refractivity contribution in [2.45, 2.75) is 24.9 Å². The quantitative estimate of drug-likeness (QED) is 0.790. The highest BCUT2D eigenvalue weighted by atomic mass is 19.2. The van der Waals surface area contributed by atoms with E-state index in [4.69, 9.17) is 0 Å². The summed E-state index contributed by atoms with van der Waals surface area (Å²) in [6, 6.07) is 7.94. The van der Waals surface area contributed by atoms with Gasteiger partial charge in [-0.3, -0.25) is 14.6 Å². The lowest BCUT2D eigenvalue weighted by atomic mass is 9.96. The number of rotatable bonds is 3. The number of piperazine rings is 1. The second kappa shape index (κ2) is 7.67. The maximum Gasteiger partial charge on any atom is 0.275 e. The van der Waals surface area contributed by atoms with Gasteiger partial charge in [0, 0.05) is 6.54 Å². The number of carbonyl (C=O) groups is 2. The van der Waals surface area contributed by atoms with E-state index >= 15 is 0 Å². The van der Waals surface area contributed by atoms with Gasteiger partial charge in [0.25, 0.3) is 5.91 Å². The Labute approximate surface area is 182 Å². The molecule has 6 nitrogen and oxygen atoms in total. The predicted octanol–water partition coefficient (Wildman–Crippen LogP) is 3.07. The molecular weight excluding hydrogens is 423 g/mol. The van der Waals surface area contributed by atoms with Crippen molar-refractivity contribution >= 4 is 11.7 Å². The van der Waals surface area contributed by atoms with E-state index in [1.807, 2.05) is 0 Å². The predicted molar refractivity (Wildman–Crippen MR) is 107 cm³/mol. The maximum absolute atomic E-state index is 14.2. The summed E-state index contributed by atoms with van der Waals surface area (Å²) in [4.78, 5) is 27.5. The Morgan fingerprint density at radius 2 is 1.78 bits per heavy atom. The van der Waals surface area contributed by atoms with Crippen LogP contribution in [-0.2, 0) is 9.59 Å². The molecule has 1 amide bonds. The lowest BCUT2D eigenvalue weighted by molar-refractivity contribution is -0.151. The number of ketones is 1. The van der Waals surface area contributed by atoms with Crippen LogP contribution in [0.4, 0.5) is 13.2 Å². The van der Waals surface area contributed by atoms with Crippen LogP contribution in [0.1, 0.15) is 30.0 Å². The molecule has 0 aliphatic carbocycles. The van der Waals surface area contributed by atoms with Gasteiger partial charge in [0.1, 0.15) is 5.82 Å². The Morgan fingerprint density at radius 3 is 2.53 bits per heavy atom. The van der Waals surface area contributed by atoms with Crippen LogP contribution in [0, 0.1) is 17.5 Å².